The van der Waals surface area contributed by atoms with Gasteiger partial charge < -0.3 is 14.6 Å². The van der Waals surface area contributed by atoms with Crippen molar-refractivity contribution in [2.45, 2.75) is 58.4 Å². The molecule has 0 bridgehead atoms. The number of hydrogen-bond donors (Lipinski definition) is 1. The van der Waals surface area contributed by atoms with Crippen LogP contribution in [-0.4, -0.2) is 29.3 Å². The molecule has 1 heterocycles. The zero-order valence-electron chi connectivity index (χ0n) is 12.3. The number of aromatic nitrogens is 2. The minimum Gasteiger partial charge on any atom is -0.382 e. The van der Waals surface area contributed by atoms with Crippen LogP contribution in [0.4, 0.5) is 5.95 Å². The van der Waals surface area contributed by atoms with Crippen LogP contribution in [0, 0.1) is 6.92 Å². The summed E-state index contributed by atoms with van der Waals surface area (Å²) in [6.07, 6.45) is 9.91. The standard InChI is InChI=1S/C15H27N3O/c1-3-19-11-7-10-16-15-17-13(2)12-18(15)14-8-5-4-6-9-14/h12,14H,3-11H2,1-2H3,(H,16,17). The highest BCUT2D eigenvalue weighted by molar-refractivity contribution is 5.29. The molecule has 0 amide bonds. The Kier molecular flexibility index (Phi) is 5.70. The van der Waals surface area contributed by atoms with Crippen molar-refractivity contribution in [3.8, 4) is 0 Å². The first-order valence-corrected chi connectivity index (χ1v) is 7.68. The van der Waals surface area contributed by atoms with E-state index in [1.54, 1.807) is 0 Å². The molecule has 1 N–H and O–H groups in total. The lowest BCUT2D eigenvalue weighted by molar-refractivity contribution is 0.147. The molecule has 1 saturated carbocycles. The number of imidazole rings is 1. The molecule has 19 heavy (non-hydrogen) atoms. The fraction of sp³-hybridized carbons (Fsp3) is 0.800. The predicted octanol–water partition coefficient (Wildman–Crippen LogP) is 3.54. The van der Waals surface area contributed by atoms with Crippen LogP contribution in [0.5, 0.6) is 0 Å². The summed E-state index contributed by atoms with van der Waals surface area (Å²) in [5.74, 6) is 1.04. The van der Waals surface area contributed by atoms with Crippen molar-refractivity contribution in [2.75, 3.05) is 25.1 Å². The molecule has 0 saturated heterocycles. The maximum Gasteiger partial charge on any atom is 0.203 e. The summed E-state index contributed by atoms with van der Waals surface area (Å²) in [6.45, 7) is 6.67. The number of hydrogen-bond acceptors (Lipinski definition) is 3. The Morgan fingerprint density at radius 2 is 2.16 bits per heavy atom. The van der Waals surface area contributed by atoms with E-state index in [4.69, 9.17) is 4.74 Å². The van der Waals surface area contributed by atoms with Gasteiger partial charge in [-0.15, -0.1) is 0 Å². The third-order valence-electron chi connectivity index (χ3n) is 3.77. The highest BCUT2D eigenvalue weighted by Gasteiger charge is 2.18. The molecule has 0 atom stereocenters. The van der Waals surface area contributed by atoms with Gasteiger partial charge in [0.15, 0.2) is 0 Å². The quantitative estimate of drug-likeness (QED) is 0.766. The molecule has 1 aromatic heterocycles. The third-order valence-corrected chi connectivity index (χ3v) is 3.77. The topological polar surface area (TPSA) is 39.1 Å². The number of rotatable bonds is 7. The van der Waals surface area contributed by atoms with Gasteiger partial charge in [0.25, 0.3) is 0 Å². The van der Waals surface area contributed by atoms with Crippen molar-refractivity contribution >= 4 is 5.95 Å². The van der Waals surface area contributed by atoms with Gasteiger partial charge in [-0.05, 0) is 33.1 Å². The van der Waals surface area contributed by atoms with Crippen molar-refractivity contribution in [3.05, 3.63) is 11.9 Å². The van der Waals surface area contributed by atoms with Gasteiger partial charge in [0.2, 0.25) is 5.95 Å². The van der Waals surface area contributed by atoms with Crippen LogP contribution in [-0.2, 0) is 4.74 Å². The Morgan fingerprint density at radius 3 is 2.89 bits per heavy atom. The minimum atomic E-state index is 0.643. The van der Waals surface area contributed by atoms with E-state index in [0.29, 0.717) is 6.04 Å². The molecular formula is C15H27N3O. The third kappa shape index (κ3) is 4.23. The monoisotopic (exact) mass is 265 g/mol. The average Bonchev–Trinajstić information content (AvgIpc) is 2.81. The van der Waals surface area contributed by atoms with Gasteiger partial charge in [-0.25, -0.2) is 4.98 Å². The van der Waals surface area contributed by atoms with E-state index in [-0.39, 0.29) is 0 Å². The summed E-state index contributed by atoms with van der Waals surface area (Å²) in [5, 5.41) is 3.46. The Labute approximate surface area is 116 Å². The van der Waals surface area contributed by atoms with E-state index in [1.807, 2.05) is 6.92 Å². The number of nitrogens with zero attached hydrogens (tertiary/aromatic N) is 2. The van der Waals surface area contributed by atoms with Crippen molar-refractivity contribution in [3.63, 3.8) is 0 Å². The van der Waals surface area contributed by atoms with E-state index in [9.17, 15) is 0 Å². The van der Waals surface area contributed by atoms with Gasteiger partial charge in [-0.2, -0.15) is 0 Å². The van der Waals surface area contributed by atoms with Gasteiger partial charge in [0, 0.05) is 32.0 Å². The van der Waals surface area contributed by atoms with Crippen LogP contribution >= 0.6 is 0 Å². The van der Waals surface area contributed by atoms with Crippen molar-refractivity contribution < 1.29 is 4.74 Å². The first kappa shape index (κ1) is 14.4. The van der Waals surface area contributed by atoms with Crippen LogP contribution < -0.4 is 5.32 Å². The van der Waals surface area contributed by atoms with Crippen molar-refractivity contribution in [2.24, 2.45) is 0 Å². The Bertz CT molecular complexity index is 369. The van der Waals surface area contributed by atoms with E-state index in [2.05, 4.69) is 28.0 Å². The summed E-state index contributed by atoms with van der Waals surface area (Å²) >= 11 is 0. The molecule has 0 aromatic carbocycles. The maximum atomic E-state index is 5.36. The average molecular weight is 265 g/mol. The normalized spacial score (nSPS) is 16.7. The van der Waals surface area contributed by atoms with E-state index >= 15 is 0 Å². The van der Waals surface area contributed by atoms with Gasteiger partial charge >= 0.3 is 0 Å². The first-order chi connectivity index (χ1) is 9.31. The van der Waals surface area contributed by atoms with Gasteiger partial charge in [0.1, 0.15) is 0 Å². The zero-order chi connectivity index (χ0) is 13.5. The molecule has 0 spiro atoms. The molecule has 0 radical (unpaired) electrons. The molecule has 108 valence electrons. The summed E-state index contributed by atoms with van der Waals surface area (Å²) in [7, 11) is 0. The van der Waals surface area contributed by atoms with E-state index < -0.39 is 0 Å². The SMILES string of the molecule is CCOCCCNc1nc(C)cn1C1CCCCC1. The van der Waals surface area contributed by atoms with Crippen molar-refractivity contribution in [1.82, 2.24) is 9.55 Å². The number of nitrogens with one attached hydrogen (secondary N) is 1. The molecule has 1 aliphatic rings. The van der Waals surface area contributed by atoms with Crippen LogP contribution in [0.2, 0.25) is 0 Å². The van der Waals surface area contributed by atoms with Crippen molar-refractivity contribution in [1.29, 1.82) is 0 Å². The molecule has 0 aliphatic heterocycles. The lowest BCUT2D eigenvalue weighted by Gasteiger charge is -2.24. The highest BCUT2D eigenvalue weighted by Crippen LogP contribution is 2.30. The van der Waals surface area contributed by atoms with Crippen LogP contribution in [0.15, 0.2) is 6.20 Å². The van der Waals surface area contributed by atoms with Crippen LogP contribution in [0.1, 0.15) is 57.2 Å². The number of anilines is 1. The van der Waals surface area contributed by atoms with Gasteiger partial charge in [-0.3, -0.25) is 0 Å². The smallest absolute Gasteiger partial charge is 0.203 e. The summed E-state index contributed by atoms with van der Waals surface area (Å²) in [6, 6.07) is 0.643. The second-order valence-electron chi connectivity index (χ2n) is 5.38. The number of aryl methyl sites for hydroxylation is 1. The lowest BCUT2D eigenvalue weighted by atomic mass is 9.95. The highest BCUT2D eigenvalue weighted by atomic mass is 16.5. The first-order valence-electron chi connectivity index (χ1n) is 7.68. The molecule has 1 aliphatic carbocycles. The largest absolute Gasteiger partial charge is 0.382 e. The molecule has 0 unspecified atom stereocenters. The van der Waals surface area contributed by atoms with Crippen LogP contribution in [0.3, 0.4) is 0 Å². The second kappa shape index (κ2) is 7.53. The number of ether oxygens (including phenoxy) is 1. The summed E-state index contributed by atoms with van der Waals surface area (Å²) in [5.41, 5.74) is 1.11. The molecule has 4 heteroatoms. The van der Waals surface area contributed by atoms with Crippen LogP contribution in [0.25, 0.3) is 0 Å². The Hall–Kier alpha value is -1.03. The lowest BCUT2D eigenvalue weighted by Crippen LogP contribution is -2.16. The fourth-order valence-corrected chi connectivity index (χ4v) is 2.80. The molecule has 4 nitrogen and oxygen atoms in total. The Balaban J connectivity index is 1.88. The molecule has 1 fully saturated rings. The minimum absolute atomic E-state index is 0.643. The second-order valence-corrected chi connectivity index (χ2v) is 5.38. The zero-order valence-corrected chi connectivity index (χ0v) is 12.3. The Morgan fingerprint density at radius 1 is 1.37 bits per heavy atom. The fourth-order valence-electron chi connectivity index (χ4n) is 2.80. The van der Waals surface area contributed by atoms with E-state index in [1.165, 1.54) is 32.1 Å². The maximum absolute atomic E-state index is 5.36. The van der Waals surface area contributed by atoms with E-state index in [0.717, 1.165) is 37.8 Å². The molecule has 2 rings (SSSR count). The predicted molar refractivity (Wildman–Crippen MR) is 78.7 cm³/mol. The van der Waals surface area contributed by atoms with Gasteiger partial charge in [0.05, 0.1) is 5.69 Å². The summed E-state index contributed by atoms with van der Waals surface area (Å²) in [4.78, 5) is 4.61. The molecule has 1 aromatic rings. The van der Waals surface area contributed by atoms with Gasteiger partial charge in [-0.1, -0.05) is 19.3 Å². The molecular weight excluding hydrogens is 238 g/mol. The summed E-state index contributed by atoms with van der Waals surface area (Å²) < 4.78 is 7.71.